The quantitative estimate of drug-likeness (QED) is 0.405. The highest BCUT2D eigenvalue weighted by Gasteiger charge is 2.59. The zero-order valence-electron chi connectivity index (χ0n) is 17.1. The highest BCUT2D eigenvalue weighted by Crippen LogP contribution is 2.48. The SMILES string of the molecule is C=C1C(=O)O[C@@H]2/C=C(/CO)[C@@]3(O)C[C@H](OC)[C@@](C)(C[C@@H](OC(=O)/C(C)=C/C)[C@@H]12)O3. The van der Waals surface area contributed by atoms with Crippen molar-refractivity contribution >= 4 is 11.9 Å². The van der Waals surface area contributed by atoms with E-state index in [0.717, 1.165) is 0 Å². The van der Waals surface area contributed by atoms with E-state index < -0.39 is 54.2 Å². The molecule has 6 atom stereocenters. The first-order valence-electron chi connectivity index (χ1n) is 9.59. The third-order valence-electron chi connectivity index (χ3n) is 6.15. The number of carbonyl (C=O) groups is 2. The fraction of sp³-hybridized carbons (Fsp3) is 0.619. The Hall–Kier alpha value is -2.00. The summed E-state index contributed by atoms with van der Waals surface area (Å²) in [4.78, 5) is 24.8. The first-order chi connectivity index (χ1) is 13.6. The Morgan fingerprint density at radius 1 is 1.45 bits per heavy atom. The molecule has 8 nitrogen and oxygen atoms in total. The minimum absolute atomic E-state index is 0.0766. The second-order valence-electron chi connectivity index (χ2n) is 8.02. The van der Waals surface area contributed by atoms with Gasteiger partial charge in [-0.05, 0) is 26.8 Å². The second kappa shape index (κ2) is 7.68. The van der Waals surface area contributed by atoms with E-state index in [4.69, 9.17) is 18.9 Å². The van der Waals surface area contributed by atoms with Crippen molar-refractivity contribution in [3.63, 3.8) is 0 Å². The Labute approximate surface area is 169 Å². The van der Waals surface area contributed by atoms with Gasteiger partial charge in [0, 0.05) is 36.7 Å². The lowest BCUT2D eigenvalue weighted by Crippen LogP contribution is -2.45. The Morgan fingerprint density at radius 2 is 2.14 bits per heavy atom. The summed E-state index contributed by atoms with van der Waals surface area (Å²) in [7, 11) is 1.50. The molecule has 3 aliphatic heterocycles. The van der Waals surface area contributed by atoms with E-state index in [9.17, 15) is 19.8 Å². The van der Waals surface area contributed by atoms with Crippen LogP contribution in [0, 0.1) is 5.92 Å². The van der Waals surface area contributed by atoms with Crippen molar-refractivity contribution in [1.82, 2.24) is 0 Å². The predicted octanol–water partition coefficient (Wildman–Crippen LogP) is 1.17. The fourth-order valence-electron chi connectivity index (χ4n) is 4.34. The van der Waals surface area contributed by atoms with Crippen molar-refractivity contribution < 1.29 is 38.7 Å². The van der Waals surface area contributed by atoms with Crippen LogP contribution in [0.1, 0.15) is 33.6 Å². The molecule has 0 radical (unpaired) electrons. The number of rotatable bonds is 4. The molecular formula is C21H28O8. The number of fused-ring (bicyclic) bond motifs is 3. The first kappa shape index (κ1) is 21.7. The Morgan fingerprint density at radius 3 is 2.72 bits per heavy atom. The second-order valence-corrected chi connectivity index (χ2v) is 8.02. The van der Waals surface area contributed by atoms with Crippen molar-refractivity contribution in [3.05, 3.63) is 35.5 Å². The van der Waals surface area contributed by atoms with Crippen molar-refractivity contribution in [2.24, 2.45) is 5.92 Å². The maximum absolute atomic E-state index is 12.5. The molecule has 3 aliphatic rings. The van der Waals surface area contributed by atoms with Crippen molar-refractivity contribution in [2.75, 3.05) is 13.7 Å². The number of methoxy groups -OCH3 is 1. The Balaban J connectivity index is 2.11. The summed E-state index contributed by atoms with van der Waals surface area (Å²) in [6.07, 6.45) is 1.11. The fourth-order valence-corrected chi connectivity index (χ4v) is 4.34. The molecule has 0 unspecified atom stereocenters. The molecule has 3 heterocycles. The van der Waals surface area contributed by atoms with Crippen LogP contribution in [0.5, 0.6) is 0 Å². The normalized spacial score (nSPS) is 41.6. The molecule has 0 spiro atoms. The number of aliphatic hydroxyl groups excluding tert-OH is 1. The zero-order valence-corrected chi connectivity index (χ0v) is 17.1. The zero-order chi connectivity index (χ0) is 21.6. The molecule has 0 amide bonds. The largest absolute Gasteiger partial charge is 0.458 e. The molecule has 29 heavy (non-hydrogen) atoms. The van der Waals surface area contributed by atoms with Crippen molar-refractivity contribution in [2.45, 2.75) is 63.3 Å². The lowest BCUT2D eigenvalue weighted by atomic mass is 9.80. The minimum Gasteiger partial charge on any atom is -0.458 e. The summed E-state index contributed by atoms with van der Waals surface area (Å²) in [5, 5.41) is 21.0. The topological polar surface area (TPSA) is 112 Å². The highest BCUT2D eigenvalue weighted by atomic mass is 16.7. The van der Waals surface area contributed by atoms with Crippen molar-refractivity contribution in [1.29, 1.82) is 0 Å². The summed E-state index contributed by atoms with van der Waals surface area (Å²) in [5.74, 6) is -3.60. The number of carbonyl (C=O) groups excluding carboxylic acids is 2. The Kier molecular flexibility index (Phi) is 5.75. The van der Waals surface area contributed by atoms with Gasteiger partial charge in [-0.3, -0.25) is 0 Å². The van der Waals surface area contributed by atoms with Gasteiger partial charge >= 0.3 is 11.9 Å². The molecule has 8 heteroatoms. The third-order valence-corrected chi connectivity index (χ3v) is 6.15. The van der Waals surface area contributed by atoms with E-state index >= 15 is 0 Å². The van der Waals surface area contributed by atoms with Gasteiger partial charge in [-0.25, -0.2) is 9.59 Å². The number of hydrogen-bond acceptors (Lipinski definition) is 8. The first-order valence-corrected chi connectivity index (χ1v) is 9.59. The van der Waals surface area contributed by atoms with Gasteiger partial charge in [-0.2, -0.15) is 0 Å². The molecule has 0 saturated carbocycles. The molecule has 2 bridgehead atoms. The molecule has 160 valence electrons. The average Bonchev–Trinajstić information content (AvgIpc) is 3.11. The van der Waals surface area contributed by atoms with Crippen LogP contribution in [-0.2, 0) is 28.5 Å². The maximum atomic E-state index is 12.5. The third kappa shape index (κ3) is 3.66. The van der Waals surface area contributed by atoms with E-state index in [1.165, 1.54) is 13.2 Å². The summed E-state index contributed by atoms with van der Waals surface area (Å²) < 4.78 is 22.7. The predicted molar refractivity (Wildman–Crippen MR) is 101 cm³/mol. The minimum atomic E-state index is -1.79. The molecule has 0 aromatic rings. The number of hydrogen-bond donors (Lipinski definition) is 2. The molecule has 2 saturated heterocycles. The van der Waals surface area contributed by atoms with E-state index in [1.807, 2.05) is 0 Å². The standard InChI is InChI=1S/C21H28O8/c1-6-11(2)18(23)28-15-8-20(4)16(26-5)9-21(25,29-20)13(10-22)7-14-17(15)12(3)19(24)27-14/h6-7,14-17,22,25H,3,8-10H2,1-2,4-5H3/b11-6+,13-7-/t14-,15-,16+,17+,20-,21-/m1/s1. The number of allylic oxidation sites excluding steroid dienone is 1. The van der Waals surface area contributed by atoms with Crippen LogP contribution in [0.25, 0.3) is 0 Å². The summed E-state index contributed by atoms with van der Waals surface area (Å²) in [6.45, 7) is 8.43. The van der Waals surface area contributed by atoms with Crippen LogP contribution < -0.4 is 0 Å². The number of esters is 2. The van der Waals surface area contributed by atoms with Gasteiger partial charge in [0.1, 0.15) is 12.2 Å². The molecular weight excluding hydrogens is 380 g/mol. The molecule has 2 N–H and O–H groups in total. The lowest BCUT2D eigenvalue weighted by molar-refractivity contribution is -0.212. The summed E-state index contributed by atoms with van der Waals surface area (Å²) in [6, 6.07) is 0. The van der Waals surface area contributed by atoms with E-state index in [1.54, 1.807) is 26.8 Å². The maximum Gasteiger partial charge on any atom is 0.334 e. The lowest BCUT2D eigenvalue weighted by Gasteiger charge is -2.35. The van der Waals surface area contributed by atoms with Gasteiger partial charge in [-0.15, -0.1) is 0 Å². The van der Waals surface area contributed by atoms with E-state index in [2.05, 4.69) is 6.58 Å². The monoisotopic (exact) mass is 408 g/mol. The number of ether oxygens (including phenoxy) is 4. The van der Waals surface area contributed by atoms with Gasteiger partial charge in [0.15, 0.2) is 5.79 Å². The number of aliphatic hydroxyl groups is 2. The van der Waals surface area contributed by atoms with Gasteiger partial charge in [0.25, 0.3) is 0 Å². The van der Waals surface area contributed by atoms with Crippen LogP contribution in [0.3, 0.4) is 0 Å². The molecule has 0 aliphatic carbocycles. The smallest absolute Gasteiger partial charge is 0.334 e. The molecule has 0 aromatic carbocycles. The van der Waals surface area contributed by atoms with Crippen LogP contribution in [0.15, 0.2) is 35.5 Å². The summed E-state index contributed by atoms with van der Waals surface area (Å²) >= 11 is 0. The van der Waals surface area contributed by atoms with E-state index in [0.29, 0.717) is 5.57 Å². The van der Waals surface area contributed by atoms with Gasteiger partial charge in [0.2, 0.25) is 0 Å². The van der Waals surface area contributed by atoms with Gasteiger partial charge < -0.3 is 29.2 Å². The van der Waals surface area contributed by atoms with Crippen LogP contribution >= 0.6 is 0 Å². The average molecular weight is 408 g/mol. The summed E-state index contributed by atoms with van der Waals surface area (Å²) in [5.41, 5.74) is -0.298. The van der Waals surface area contributed by atoms with E-state index in [-0.39, 0.29) is 24.0 Å². The van der Waals surface area contributed by atoms with Gasteiger partial charge in [0.05, 0.1) is 24.2 Å². The highest BCUT2D eigenvalue weighted by molar-refractivity contribution is 5.92. The Bertz CT molecular complexity index is 784. The van der Waals surface area contributed by atoms with Crippen LogP contribution in [-0.4, -0.2) is 65.6 Å². The van der Waals surface area contributed by atoms with Gasteiger partial charge in [-0.1, -0.05) is 12.7 Å². The van der Waals surface area contributed by atoms with Crippen LogP contribution in [0.4, 0.5) is 0 Å². The van der Waals surface area contributed by atoms with Crippen LogP contribution in [0.2, 0.25) is 0 Å². The molecule has 0 aromatic heterocycles. The molecule has 2 fully saturated rings. The molecule has 3 rings (SSSR count). The van der Waals surface area contributed by atoms with Crippen molar-refractivity contribution in [3.8, 4) is 0 Å².